The molecule has 0 aliphatic carbocycles. The molecule has 2 aliphatic heterocycles. The van der Waals surface area contributed by atoms with E-state index in [1.807, 2.05) is 0 Å². The number of nitrogens with one attached hydrogen (secondary N) is 1. The molecule has 8 heteroatoms. The second-order valence-corrected chi connectivity index (χ2v) is 4.31. The van der Waals surface area contributed by atoms with Crippen LogP contribution in [0.4, 0.5) is 4.79 Å². The Morgan fingerprint density at radius 1 is 1.47 bits per heavy atom. The Balaban J connectivity index is 2.09. The van der Waals surface area contributed by atoms with Gasteiger partial charge >= 0.3 is 6.09 Å². The van der Waals surface area contributed by atoms with E-state index >= 15 is 0 Å². The van der Waals surface area contributed by atoms with Crippen LogP contribution in [0.3, 0.4) is 0 Å². The molecular formula is C9H15NO7. The highest BCUT2D eigenvalue weighted by Crippen LogP contribution is 2.39. The summed E-state index contributed by atoms with van der Waals surface area (Å²) in [6.07, 6.45) is -4.59. The summed E-state index contributed by atoms with van der Waals surface area (Å²) in [6.45, 7) is -0.601. The third-order valence-electron chi connectivity index (χ3n) is 3.25. The number of aliphatic hydroxyl groups excluding tert-OH is 3. The third-order valence-corrected chi connectivity index (χ3v) is 3.25. The topological polar surface area (TPSA) is 128 Å². The van der Waals surface area contributed by atoms with Gasteiger partial charge in [0.05, 0.1) is 25.2 Å². The molecule has 2 fully saturated rings. The highest BCUT2D eigenvalue weighted by atomic mass is 16.7. The molecule has 5 atom stereocenters. The van der Waals surface area contributed by atoms with Gasteiger partial charge in [-0.25, -0.2) is 4.79 Å². The average molecular weight is 249 g/mol. The zero-order chi connectivity index (χ0) is 12.6. The summed E-state index contributed by atoms with van der Waals surface area (Å²) in [5, 5.41) is 39.5. The number of carboxylic acid groups (broad SMARTS) is 1. The van der Waals surface area contributed by atoms with Crippen LogP contribution in [0.25, 0.3) is 0 Å². The van der Waals surface area contributed by atoms with Crippen LogP contribution in [0.5, 0.6) is 0 Å². The first-order chi connectivity index (χ1) is 8.00. The Kier molecular flexibility index (Phi) is 3.23. The number of ether oxygens (including phenoxy) is 2. The molecule has 0 aromatic rings. The predicted molar refractivity (Wildman–Crippen MR) is 52.2 cm³/mol. The minimum atomic E-state index is -1.31. The van der Waals surface area contributed by atoms with Crippen LogP contribution in [0, 0.1) is 5.92 Å². The molecule has 17 heavy (non-hydrogen) atoms. The Labute approximate surface area is 96.8 Å². The van der Waals surface area contributed by atoms with Crippen LogP contribution < -0.4 is 5.32 Å². The first kappa shape index (κ1) is 12.5. The highest BCUT2D eigenvalue weighted by Gasteiger charge is 2.58. The minimum Gasteiger partial charge on any atom is -0.465 e. The summed E-state index contributed by atoms with van der Waals surface area (Å²) in [6, 6.07) is 0. The first-order valence-corrected chi connectivity index (χ1v) is 5.23. The molecule has 1 amide bonds. The standard InChI is InChI=1S/C9H15NO7/c11-2-9-3-16-7(17-9)4(1-10-8(14)15)5(12)6(9)13/h4-7,10-13H,1-3H2,(H,14,15)/t4-,5-,6-,7+,9+/m1/s1. The van der Waals surface area contributed by atoms with Crippen molar-refractivity contribution < 1.29 is 34.7 Å². The van der Waals surface area contributed by atoms with Crippen LogP contribution in [-0.2, 0) is 9.47 Å². The van der Waals surface area contributed by atoms with Crippen molar-refractivity contribution in [3.8, 4) is 0 Å². The molecule has 5 N–H and O–H groups in total. The van der Waals surface area contributed by atoms with Crippen molar-refractivity contribution >= 4 is 6.09 Å². The number of fused-ring (bicyclic) bond motifs is 2. The fraction of sp³-hybridized carbons (Fsp3) is 0.889. The number of amides is 1. The lowest BCUT2D eigenvalue weighted by Gasteiger charge is -2.41. The fourth-order valence-corrected chi connectivity index (χ4v) is 2.19. The highest BCUT2D eigenvalue weighted by molar-refractivity contribution is 5.64. The lowest BCUT2D eigenvalue weighted by molar-refractivity contribution is -0.246. The van der Waals surface area contributed by atoms with Crippen LogP contribution >= 0.6 is 0 Å². The summed E-state index contributed by atoms with van der Waals surface area (Å²) in [5.41, 5.74) is -1.30. The van der Waals surface area contributed by atoms with Gasteiger partial charge in [0, 0.05) is 6.54 Å². The molecule has 2 rings (SSSR count). The van der Waals surface area contributed by atoms with Crippen LogP contribution in [0.2, 0.25) is 0 Å². The first-order valence-electron chi connectivity index (χ1n) is 5.23. The molecular weight excluding hydrogens is 234 g/mol. The van der Waals surface area contributed by atoms with Crippen LogP contribution in [0.1, 0.15) is 0 Å². The Morgan fingerprint density at radius 2 is 2.18 bits per heavy atom. The zero-order valence-corrected chi connectivity index (χ0v) is 8.94. The van der Waals surface area contributed by atoms with E-state index in [1.54, 1.807) is 0 Å². The maximum absolute atomic E-state index is 10.4. The molecule has 0 saturated carbocycles. The van der Waals surface area contributed by atoms with Crippen molar-refractivity contribution in [1.29, 1.82) is 0 Å². The van der Waals surface area contributed by atoms with Crippen molar-refractivity contribution in [3.05, 3.63) is 0 Å². The number of hydrogen-bond donors (Lipinski definition) is 5. The Hall–Kier alpha value is -0.930. The summed E-state index contributed by atoms with van der Waals surface area (Å²) in [4.78, 5) is 10.4. The van der Waals surface area contributed by atoms with E-state index < -0.39 is 42.7 Å². The van der Waals surface area contributed by atoms with Crippen molar-refractivity contribution in [1.82, 2.24) is 5.32 Å². The Morgan fingerprint density at radius 3 is 2.76 bits per heavy atom. The summed E-state index contributed by atoms with van der Waals surface area (Å²) in [5.74, 6) is -0.705. The lowest BCUT2D eigenvalue weighted by atomic mass is 9.85. The largest absolute Gasteiger partial charge is 0.465 e. The van der Waals surface area contributed by atoms with E-state index in [1.165, 1.54) is 0 Å². The van der Waals surface area contributed by atoms with Gasteiger partial charge in [0.25, 0.3) is 0 Å². The van der Waals surface area contributed by atoms with E-state index in [-0.39, 0.29) is 13.2 Å². The summed E-state index contributed by atoms with van der Waals surface area (Å²) < 4.78 is 10.6. The molecule has 0 spiro atoms. The van der Waals surface area contributed by atoms with Gasteiger partial charge in [0.2, 0.25) is 0 Å². The normalized spacial score (nSPS) is 44.6. The summed E-state index contributed by atoms with van der Waals surface area (Å²) in [7, 11) is 0. The number of hydrogen-bond acceptors (Lipinski definition) is 6. The van der Waals surface area contributed by atoms with Gasteiger partial charge in [-0.1, -0.05) is 0 Å². The van der Waals surface area contributed by atoms with E-state index in [2.05, 4.69) is 5.32 Å². The van der Waals surface area contributed by atoms with Gasteiger partial charge in [-0.3, -0.25) is 0 Å². The number of rotatable bonds is 3. The maximum atomic E-state index is 10.4. The molecule has 0 aromatic heterocycles. The molecule has 0 radical (unpaired) electrons. The molecule has 2 heterocycles. The lowest BCUT2D eigenvalue weighted by Crippen LogP contribution is -2.62. The predicted octanol–water partition coefficient (Wildman–Crippen LogP) is -2.29. The van der Waals surface area contributed by atoms with E-state index in [0.717, 1.165) is 0 Å². The second kappa shape index (κ2) is 4.39. The van der Waals surface area contributed by atoms with Gasteiger partial charge < -0.3 is 35.2 Å². The molecule has 98 valence electrons. The van der Waals surface area contributed by atoms with Crippen LogP contribution in [-0.4, -0.2) is 70.4 Å². The molecule has 8 nitrogen and oxygen atoms in total. The number of carbonyl (C=O) groups is 1. The Bertz CT molecular complexity index is 312. The quantitative estimate of drug-likeness (QED) is 0.381. The van der Waals surface area contributed by atoms with Crippen molar-refractivity contribution in [3.63, 3.8) is 0 Å². The molecule has 0 aromatic carbocycles. The van der Waals surface area contributed by atoms with E-state index in [0.29, 0.717) is 0 Å². The van der Waals surface area contributed by atoms with Gasteiger partial charge in [-0.2, -0.15) is 0 Å². The fourth-order valence-electron chi connectivity index (χ4n) is 2.19. The molecule has 0 unspecified atom stereocenters. The maximum Gasteiger partial charge on any atom is 0.404 e. The van der Waals surface area contributed by atoms with E-state index in [9.17, 15) is 20.1 Å². The summed E-state index contributed by atoms with van der Waals surface area (Å²) >= 11 is 0. The van der Waals surface area contributed by atoms with Crippen molar-refractivity contribution in [2.45, 2.75) is 24.1 Å². The third kappa shape index (κ3) is 1.98. The molecule has 2 saturated heterocycles. The second-order valence-electron chi connectivity index (χ2n) is 4.31. The average Bonchev–Trinajstić information content (AvgIpc) is 2.69. The molecule has 2 aliphatic rings. The SMILES string of the molecule is O=C(O)NC[C@H]1[C@H]2OC[C@](CO)(O2)[C@H](O)[C@@H]1O. The van der Waals surface area contributed by atoms with Gasteiger partial charge in [-0.15, -0.1) is 0 Å². The smallest absolute Gasteiger partial charge is 0.404 e. The van der Waals surface area contributed by atoms with Crippen molar-refractivity contribution in [2.75, 3.05) is 19.8 Å². The van der Waals surface area contributed by atoms with Gasteiger partial charge in [-0.05, 0) is 0 Å². The van der Waals surface area contributed by atoms with Gasteiger partial charge in [0.1, 0.15) is 11.7 Å². The molecule has 2 bridgehead atoms. The minimum absolute atomic E-state index is 0.0318. The van der Waals surface area contributed by atoms with Crippen molar-refractivity contribution in [2.24, 2.45) is 5.92 Å². The van der Waals surface area contributed by atoms with Crippen LogP contribution in [0.15, 0.2) is 0 Å². The van der Waals surface area contributed by atoms with E-state index in [4.69, 9.17) is 14.6 Å². The number of aliphatic hydroxyl groups is 3. The zero-order valence-electron chi connectivity index (χ0n) is 8.94. The monoisotopic (exact) mass is 249 g/mol. The van der Waals surface area contributed by atoms with Gasteiger partial charge in [0.15, 0.2) is 6.29 Å².